The number of benzene rings is 2. The van der Waals surface area contributed by atoms with Crippen LogP contribution in [-0.4, -0.2) is 15.0 Å². The lowest BCUT2D eigenvalue weighted by Gasteiger charge is -2.19. The number of fused-ring (bicyclic) bond motifs is 5. The number of aryl methyl sites for hydroxylation is 2. The van der Waals surface area contributed by atoms with Gasteiger partial charge in [-0.2, -0.15) is 0 Å². The fraction of sp³-hybridized carbons (Fsp3) is 0.300. The minimum absolute atomic E-state index is 0.339. The molecule has 3 aromatic rings. The maximum Gasteiger partial charge on any atom is 0.121 e. The van der Waals surface area contributed by atoms with Crippen molar-refractivity contribution in [3.8, 4) is 22.5 Å². The molecule has 23 heavy (non-hydrogen) atoms. The van der Waals surface area contributed by atoms with E-state index in [4.69, 9.17) is 0 Å². The fourth-order valence-electron chi connectivity index (χ4n) is 3.42. The van der Waals surface area contributed by atoms with Crippen LogP contribution < -0.4 is 0 Å². The predicted molar refractivity (Wildman–Crippen MR) is 93.3 cm³/mol. The molecule has 2 aromatic carbocycles. The molecule has 1 aliphatic rings. The number of rotatable bonds is 2. The SMILES string of the molecule is CCC(C)n1nnc2c1-c1ccccc1CCc1ccccc1-2. The Balaban J connectivity index is 2.05. The van der Waals surface area contributed by atoms with Crippen LogP contribution in [-0.2, 0) is 12.8 Å². The highest BCUT2D eigenvalue weighted by Crippen LogP contribution is 2.38. The van der Waals surface area contributed by atoms with E-state index in [1.54, 1.807) is 0 Å². The van der Waals surface area contributed by atoms with Gasteiger partial charge in [-0.25, -0.2) is 4.68 Å². The number of hydrogen-bond acceptors (Lipinski definition) is 2. The van der Waals surface area contributed by atoms with Crippen molar-refractivity contribution < 1.29 is 0 Å². The second kappa shape index (κ2) is 5.65. The van der Waals surface area contributed by atoms with Gasteiger partial charge in [0.15, 0.2) is 0 Å². The Kier molecular flexibility index (Phi) is 3.49. The Hall–Kier alpha value is -2.42. The second-order valence-corrected chi connectivity index (χ2v) is 6.30. The lowest BCUT2D eigenvalue weighted by Crippen LogP contribution is -2.10. The van der Waals surface area contributed by atoms with E-state index in [1.807, 2.05) is 0 Å². The van der Waals surface area contributed by atoms with Crippen LogP contribution >= 0.6 is 0 Å². The van der Waals surface area contributed by atoms with Crippen LogP contribution in [0.1, 0.15) is 37.4 Å². The lowest BCUT2D eigenvalue weighted by atomic mass is 9.89. The fourth-order valence-corrected chi connectivity index (χ4v) is 3.42. The van der Waals surface area contributed by atoms with Crippen LogP contribution in [0.2, 0.25) is 0 Å². The zero-order chi connectivity index (χ0) is 15.8. The van der Waals surface area contributed by atoms with Gasteiger partial charge in [-0.1, -0.05) is 60.7 Å². The van der Waals surface area contributed by atoms with Gasteiger partial charge < -0.3 is 0 Å². The van der Waals surface area contributed by atoms with Crippen molar-refractivity contribution in [1.82, 2.24) is 15.0 Å². The Morgan fingerprint density at radius 2 is 1.57 bits per heavy atom. The Morgan fingerprint density at radius 1 is 0.957 bits per heavy atom. The first-order valence-corrected chi connectivity index (χ1v) is 8.41. The highest BCUT2D eigenvalue weighted by molar-refractivity contribution is 5.82. The van der Waals surface area contributed by atoms with Gasteiger partial charge in [0.2, 0.25) is 0 Å². The van der Waals surface area contributed by atoms with Crippen molar-refractivity contribution in [1.29, 1.82) is 0 Å². The van der Waals surface area contributed by atoms with E-state index in [0.29, 0.717) is 6.04 Å². The average molecular weight is 303 g/mol. The predicted octanol–water partition coefficient (Wildman–Crippen LogP) is 4.68. The Morgan fingerprint density at radius 3 is 2.26 bits per heavy atom. The second-order valence-electron chi connectivity index (χ2n) is 6.30. The molecular formula is C20H21N3. The standard InChI is InChI=1S/C20H21N3/c1-3-14(2)23-20-18-11-7-5-9-16(18)13-12-15-8-4-6-10-17(15)19(20)21-22-23/h4-11,14H,3,12-13H2,1-2H3. The highest BCUT2D eigenvalue weighted by atomic mass is 15.4. The van der Waals surface area contributed by atoms with Crippen LogP contribution in [0.5, 0.6) is 0 Å². The molecule has 3 nitrogen and oxygen atoms in total. The highest BCUT2D eigenvalue weighted by Gasteiger charge is 2.24. The zero-order valence-electron chi connectivity index (χ0n) is 13.7. The molecule has 0 spiro atoms. The summed E-state index contributed by atoms with van der Waals surface area (Å²) in [5.74, 6) is 0. The third-order valence-electron chi connectivity index (χ3n) is 4.91. The third-order valence-corrected chi connectivity index (χ3v) is 4.91. The van der Waals surface area contributed by atoms with Crippen molar-refractivity contribution in [2.75, 3.05) is 0 Å². The molecular weight excluding hydrogens is 282 g/mol. The smallest absolute Gasteiger partial charge is 0.121 e. The molecule has 0 radical (unpaired) electrons. The van der Waals surface area contributed by atoms with Crippen LogP contribution in [0.15, 0.2) is 48.5 Å². The lowest BCUT2D eigenvalue weighted by molar-refractivity contribution is 0.469. The zero-order valence-corrected chi connectivity index (χ0v) is 13.7. The van der Waals surface area contributed by atoms with Crippen molar-refractivity contribution in [2.45, 2.75) is 39.2 Å². The third kappa shape index (κ3) is 2.27. The van der Waals surface area contributed by atoms with Gasteiger partial charge in [0.05, 0.1) is 11.7 Å². The van der Waals surface area contributed by atoms with Gasteiger partial charge in [-0.05, 0) is 37.3 Å². The van der Waals surface area contributed by atoms with Gasteiger partial charge in [-0.15, -0.1) is 5.10 Å². The molecule has 0 aliphatic heterocycles. The first-order valence-electron chi connectivity index (χ1n) is 8.41. The van der Waals surface area contributed by atoms with Crippen LogP contribution in [0.4, 0.5) is 0 Å². The molecule has 3 heteroatoms. The van der Waals surface area contributed by atoms with E-state index >= 15 is 0 Å². The van der Waals surface area contributed by atoms with E-state index in [2.05, 4.69) is 77.4 Å². The van der Waals surface area contributed by atoms with E-state index in [0.717, 1.165) is 25.0 Å². The molecule has 0 fully saturated rings. The summed E-state index contributed by atoms with van der Waals surface area (Å²) in [6.07, 6.45) is 3.14. The van der Waals surface area contributed by atoms with Crippen LogP contribution in [0, 0.1) is 0 Å². The van der Waals surface area contributed by atoms with Crippen LogP contribution in [0.25, 0.3) is 22.5 Å². The monoisotopic (exact) mass is 303 g/mol. The topological polar surface area (TPSA) is 30.7 Å². The molecule has 4 rings (SSSR count). The van der Waals surface area contributed by atoms with Gasteiger partial charge in [-0.3, -0.25) is 0 Å². The summed E-state index contributed by atoms with van der Waals surface area (Å²) in [6, 6.07) is 17.6. The van der Waals surface area contributed by atoms with Crippen LogP contribution in [0.3, 0.4) is 0 Å². The average Bonchev–Trinajstić information content (AvgIpc) is 3.02. The van der Waals surface area contributed by atoms with Gasteiger partial charge >= 0.3 is 0 Å². The minimum Gasteiger partial charge on any atom is -0.241 e. The summed E-state index contributed by atoms with van der Waals surface area (Å²) in [5.41, 5.74) is 7.44. The molecule has 1 aliphatic carbocycles. The molecule has 1 aromatic heterocycles. The normalized spacial score (nSPS) is 14.2. The molecule has 1 unspecified atom stereocenters. The molecule has 116 valence electrons. The molecule has 0 saturated heterocycles. The summed E-state index contributed by atoms with van der Waals surface area (Å²) in [4.78, 5) is 0. The maximum atomic E-state index is 4.58. The first kappa shape index (κ1) is 14.2. The molecule has 0 bridgehead atoms. The number of hydrogen-bond donors (Lipinski definition) is 0. The van der Waals surface area contributed by atoms with Crippen molar-refractivity contribution in [3.05, 3.63) is 59.7 Å². The van der Waals surface area contributed by atoms with Gasteiger partial charge in [0.1, 0.15) is 5.69 Å². The minimum atomic E-state index is 0.339. The number of aromatic nitrogens is 3. The van der Waals surface area contributed by atoms with E-state index < -0.39 is 0 Å². The van der Waals surface area contributed by atoms with Gasteiger partial charge in [0.25, 0.3) is 0 Å². The largest absolute Gasteiger partial charge is 0.241 e. The molecule has 1 atom stereocenters. The summed E-state index contributed by atoms with van der Waals surface area (Å²) in [6.45, 7) is 4.41. The summed E-state index contributed by atoms with van der Waals surface area (Å²) in [7, 11) is 0. The van der Waals surface area contributed by atoms with Gasteiger partial charge in [0, 0.05) is 11.1 Å². The Bertz CT molecular complexity index is 848. The van der Waals surface area contributed by atoms with Crippen molar-refractivity contribution in [2.24, 2.45) is 0 Å². The molecule has 1 heterocycles. The number of nitrogens with zero attached hydrogens (tertiary/aromatic N) is 3. The van der Waals surface area contributed by atoms with E-state index in [-0.39, 0.29) is 0 Å². The van der Waals surface area contributed by atoms with Crippen molar-refractivity contribution >= 4 is 0 Å². The molecule has 0 amide bonds. The van der Waals surface area contributed by atoms with Crippen molar-refractivity contribution in [3.63, 3.8) is 0 Å². The maximum absolute atomic E-state index is 4.58. The quantitative estimate of drug-likeness (QED) is 0.688. The summed E-state index contributed by atoms with van der Waals surface area (Å²) in [5, 5.41) is 9.10. The Labute approximate surface area is 137 Å². The summed E-state index contributed by atoms with van der Waals surface area (Å²) < 4.78 is 2.11. The van der Waals surface area contributed by atoms with E-state index in [1.165, 1.54) is 27.9 Å². The van der Waals surface area contributed by atoms with E-state index in [9.17, 15) is 0 Å². The molecule has 0 saturated carbocycles. The molecule has 0 N–H and O–H groups in total. The first-order chi connectivity index (χ1) is 11.3. The summed E-state index contributed by atoms with van der Waals surface area (Å²) >= 11 is 0.